The molecule has 0 unspecified atom stereocenters. The van der Waals surface area contributed by atoms with Gasteiger partial charge >= 0.3 is 0 Å². The van der Waals surface area contributed by atoms with Crippen LogP contribution in [0.15, 0.2) is 79.1 Å². The van der Waals surface area contributed by atoms with Crippen molar-refractivity contribution in [2.24, 2.45) is 0 Å². The second kappa shape index (κ2) is 6.08. The summed E-state index contributed by atoms with van der Waals surface area (Å²) in [6.07, 6.45) is 3.49. The van der Waals surface area contributed by atoms with Crippen LogP contribution < -0.4 is 0 Å². The zero-order chi connectivity index (χ0) is 16.4. The Bertz CT molecular complexity index is 960. The van der Waals surface area contributed by atoms with E-state index < -0.39 is 0 Å². The molecule has 0 saturated carbocycles. The molecule has 2 heterocycles. The Morgan fingerprint density at radius 2 is 1.50 bits per heavy atom. The molecule has 3 nitrogen and oxygen atoms in total. The number of hydrogen-bond acceptors (Lipinski definition) is 2. The number of aromatic nitrogens is 3. The average Bonchev–Trinajstić information content (AvgIpc) is 3.13. The minimum atomic E-state index is -0.295. The van der Waals surface area contributed by atoms with E-state index in [-0.39, 0.29) is 5.82 Å². The molecule has 0 radical (unpaired) electrons. The van der Waals surface area contributed by atoms with Crippen LogP contribution in [0.4, 0.5) is 4.39 Å². The predicted octanol–water partition coefficient (Wildman–Crippen LogP) is 4.94. The van der Waals surface area contributed by atoms with Gasteiger partial charge in [-0.25, -0.2) is 9.37 Å². The first-order valence-electron chi connectivity index (χ1n) is 7.63. The second-order valence-corrected chi connectivity index (χ2v) is 5.42. The summed E-state index contributed by atoms with van der Waals surface area (Å²) >= 11 is 0. The highest BCUT2D eigenvalue weighted by atomic mass is 19.1. The Morgan fingerprint density at radius 3 is 2.25 bits per heavy atom. The van der Waals surface area contributed by atoms with Crippen molar-refractivity contribution in [3.05, 3.63) is 84.9 Å². The lowest BCUT2D eigenvalue weighted by Crippen LogP contribution is -1.87. The van der Waals surface area contributed by atoms with E-state index in [2.05, 4.69) is 15.0 Å². The highest BCUT2D eigenvalue weighted by Gasteiger charge is 2.09. The number of H-pyrrole nitrogens is 1. The summed E-state index contributed by atoms with van der Waals surface area (Å²) in [7, 11) is 0. The van der Waals surface area contributed by atoms with E-state index in [1.165, 1.54) is 6.07 Å². The molecule has 4 rings (SSSR count). The van der Waals surface area contributed by atoms with Crippen molar-refractivity contribution in [1.29, 1.82) is 0 Å². The number of halogens is 1. The number of aromatic amines is 1. The van der Waals surface area contributed by atoms with Gasteiger partial charge in [0.25, 0.3) is 0 Å². The molecular formula is C20H14FN3. The Kier molecular flexibility index (Phi) is 3.63. The summed E-state index contributed by atoms with van der Waals surface area (Å²) in [5.74, 6) is 0.214. The summed E-state index contributed by atoms with van der Waals surface area (Å²) in [5.41, 5.74) is 4.15. The van der Waals surface area contributed by atoms with Crippen molar-refractivity contribution in [2.75, 3.05) is 0 Å². The lowest BCUT2D eigenvalue weighted by Gasteiger charge is -2.02. The van der Waals surface area contributed by atoms with Gasteiger partial charge in [0, 0.05) is 17.3 Å². The minimum absolute atomic E-state index is 0.295. The molecule has 2 aromatic carbocycles. The largest absolute Gasteiger partial charge is 0.338 e. The second-order valence-electron chi connectivity index (χ2n) is 5.42. The van der Waals surface area contributed by atoms with Crippen molar-refractivity contribution in [1.82, 2.24) is 15.0 Å². The van der Waals surface area contributed by atoms with Gasteiger partial charge in [0.05, 0.1) is 23.1 Å². The van der Waals surface area contributed by atoms with Gasteiger partial charge in [-0.2, -0.15) is 0 Å². The molecule has 4 heteroatoms. The van der Waals surface area contributed by atoms with E-state index in [0.717, 1.165) is 22.5 Å². The first kappa shape index (κ1) is 14.3. The van der Waals surface area contributed by atoms with Crippen LogP contribution in [0.25, 0.3) is 33.9 Å². The molecule has 0 fully saturated rings. The van der Waals surface area contributed by atoms with E-state index in [4.69, 9.17) is 0 Å². The van der Waals surface area contributed by atoms with Gasteiger partial charge < -0.3 is 4.98 Å². The quantitative estimate of drug-likeness (QED) is 0.581. The fraction of sp³-hybridized carbons (Fsp3) is 0. The van der Waals surface area contributed by atoms with Gasteiger partial charge in [-0.15, -0.1) is 0 Å². The van der Waals surface area contributed by atoms with Crippen LogP contribution in [-0.4, -0.2) is 15.0 Å². The molecule has 116 valence electrons. The smallest absolute Gasteiger partial charge is 0.140 e. The van der Waals surface area contributed by atoms with E-state index in [1.807, 2.05) is 42.5 Å². The molecule has 0 atom stereocenters. The minimum Gasteiger partial charge on any atom is -0.338 e. The number of rotatable bonds is 3. The van der Waals surface area contributed by atoms with Crippen LogP contribution in [-0.2, 0) is 0 Å². The van der Waals surface area contributed by atoms with Crippen molar-refractivity contribution >= 4 is 0 Å². The van der Waals surface area contributed by atoms with Crippen LogP contribution in [0, 0.1) is 5.82 Å². The highest BCUT2D eigenvalue weighted by Crippen LogP contribution is 2.25. The van der Waals surface area contributed by atoms with Gasteiger partial charge in [-0.1, -0.05) is 42.5 Å². The van der Waals surface area contributed by atoms with Gasteiger partial charge in [-0.3, -0.25) is 4.98 Å². The standard InChI is InChI=1S/C20H14FN3/c21-17-9-5-4-8-16(17)20-23-13-19(24-20)15-10-11-18(22-12-15)14-6-2-1-3-7-14/h1-13H,(H,23,24). The third-order valence-corrected chi connectivity index (χ3v) is 3.85. The average molecular weight is 315 g/mol. The fourth-order valence-corrected chi connectivity index (χ4v) is 2.59. The topological polar surface area (TPSA) is 41.6 Å². The maximum atomic E-state index is 13.9. The summed E-state index contributed by atoms with van der Waals surface area (Å²) < 4.78 is 13.9. The van der Waals surface area contributed by atoms with Crippen molar-refractivity contribution < 1.29 is 4.39 Å². The third kappa shape index (κ3) is 2.70. The van der Waals surface area contributed by atoms with Crippen LogP contribution in [0.2, 0.25) is 0 Å². The van der Waals surface area contributed by atoms with E-state index in [0.29, 0.717) is 11.4 Å². The summed E-state index contributed by atoms with van der Waals surface area (Å²) in [6, 6.07) is 20.5. The number of benzene rings is 2. The normalized spacial score (nSPS) is 10.7. The van der Waals surface area contributed by atoms with Gasteiger partial charge in [0.2, 0.25) is 0 Å². The fourth-order valence-electron chi connectivity index (χ4n) is 2.59. The van der Waals surface area contributed by atoms with Gasteiger partial charge in [-0.05, 0) is 24.3 Å². The van der Waals surface area contributed by atoms with Crippen molar-refractivity contribution in [2.45, 2.75) is 0 Å². The highest BCUT2D eigenvalue weighted by molar-refractivity contribution is 5.67. The molecule has 0 spiro atoms. The van der Waals surface area contributed by atoms with Crippen LogP contribution in [0.1, 0.15) is 0 Å². The maximum absolute atomic E-state index is 13.9. The third-order valence-electron chi connectivity index (χ3n) is 3.85. The first-order valence-corrected chi connectivity index (χ1v) is 7.63. The lowest BCUT2D eigenvalue weighted by atomic mass is 10.1. The molecule has 0 aliphatic carbocycles. The van der Waals surface area contributed by atoms with Gasteiger partial charge in [0.1, 0.15) is 11.6 Å². The van der Waals surface area contributed by atoms with E-state index in [1.54, 1.807) is 30.6 Å². The van der Waals surface area contributed by atoms with Crippen molar-refractivity contribution in [3.63, 3.8) is 0 Å². The van der Waals surface area contributed by atoms with Gasteiger partial charge in [0.15, 0.2) is 0 Å². The monoisotopic (exact) mass is 315 g/mol. The molecular weight excluding hydrogens is 301 g/mol. The number of nitrogens with one attached hydrogen (secondary N) is 1. The van der Waals surface area contributed by atoms with E-state index >= 15 is 0 Å². The molecule has 2 aromatic heterocycles. The predicted molar refractivity (Wildman–Crippen MR) is 92.6 cm³/mol. The van der Waals surface area contributed by atoms with Crippen LogP contribution in [0.5, 0.6) is 0 Å². The number of imidazole rings is 1. The first-order chi connectivity index (χ1) is 11.8. The molecule has 1 N–H and O–H groups in total. The Morgan fingerprint density at radius 1 is 0.708 bits per heavy atom. The Hall–Kier alpha value is -3.27. The number of hydrogen-bond donors (Lipinski definition) is 1. The number of pyridine rings is 1. The molecule has 24 heavy (non-hydrogen) atoms. The summed E-state index contributed by atoms with van der Waals surface area (Å²) in [4.78, 5) is 11.9. The maximum Gasteiger partial charge on any atom is 0.140 e. The molecule has 0 bridgehead atoms. The zero-order valence-corrected chi connectivity index (χ0v) is 12.8. The number of nitrogens with zero attached hydrogens (tertiary/aromatic N) is 2. The lowest BCUT2D eigenvalue weighted by molar-refractivity contribution is 0.630. The van der Waals surface area contributed by atoms with E-state index in [9.17, 15) is 4.39 Å². The zero-order valence-electron chi connectivity index (χ0n) is 12.8. The van der Waals surface area contributed by atoms with Crippen molar-refractivity contribution in [3.8, 4) is 33.9 Å². The molecule has 0 aliphatic rings. The van der Waals surface area contributed by atoms with Crippen LogP contribution in [0.3, 0.4) is 0 Å². The molecule has 0 amide bonds. The SMILES string of the molecule is Fc1ccccc1-c1ncc(-c2ccc(-c3ccccc3)nc2)[nH]1. The molecule has 0 saturated heterocycles. The van der Waals surface area contributed by atoms with Crippen LogP contribution >= 0.6 is 0 Å². The Labute approximate surface area is 138 Å². The summed E-state index contributed by atoms with van der Waals surface area (Å²) in [6.45, 7) is 0. The molecule has 4 aromatic rings. The Balaban J connectivity index is 1.65. The molecule has 0 aliphatic heterocycles. The summed E-state index contributed by atoms with van der Waals surface area (Å²) in [5, 5.41) is 0.